The Kier molecular flexibility index (Phi) is 2.44. The van der Waals surface area contributed by atoms with Crippen molar-refractivity contribution in [2.45, 2.75) is 19.4 Å². The summed E-state index contributed by atoms with van der Waals surface area (Å²) in [6.45, 7) is 2.05. The van der Waals surface area contributed by atoms with Crippen LogP contribution in [0.15, 0.2) is 58.2 Å². The van der Waals surface area contributed by atoms with Crippen molar-refractivity contribution in [1.29, 1.82) is 0 Å². The van der Waals surface area contributed by atoms with Crippen LogP contribution in [0.1, 0.15) is 25.1 Å². The van der Waals surface area contributed by atoms with Crippen LogP contribution in [0.2, 0.25) is 0 Å². The number of anilines is 1. The Labute approximate surface area is 100 Å². The second-order valence-electron chi connectivity index (χ2n) is 4.25. The summed E-state index contributed by atoms with van der Waals surface area (Å²) >= 11 is 0. The van der Waals surface area contributed by atoms with Gasteiger partial charge in [-0.25, -0.2) is 0 Å². The summed E-state index contributed by atoms with van der Waals surface area (Å²) in [4.78, 5) is 0. The zero-order chi connectivity index (χ0) is 11.7. The van der Waals surface area contributed by atoms with Crippen LogP contribution in [0.4, 0.5) is 5.69 Å². The first kappa shape index (κ1) is 10.1. The number of furan rings is 1. The van der Waals surface area contributed by atoms with E-state index in [-0.39, 0.29) is 6.04 Å². The summed E-state index contributed by atoms with van der Waals surface area (Å²) in [5.41, 5.74) is 2.24. The highest BCUT2D eigenvalue weighted by Gasteiger charge is 2.29. The number of hydrogen-bond donors (Lipinski definition) is 0. The van der Waals surface area contributed by atoms with Gasteiger partial charge >= 0.3 is 0 Å². The van der Waals surface area contributed by atoms with Gasteiger partial charge in [0, 0.05) is 12.1 Å². The quantitative estimate of drug-likeness (QED) is 0.782. The predicted molar refractivity (Wildman–Crippen MR) is 68.1 cm³/mol. The van der Waals surface area contributed by atoms with Crippen molar-refractivity contribution in [3.8, 4) is 0 Å². The summed E-state index contributed by atoms with van der Waals surface area (Å²) in [7, 11) is 0. The molecule has 0 saturated heterocycles. The first-order valence-corrected chi connectivity index (χ1v) is 5.76. The Hall–Kier alpha value is -2.03. The maximum Gasteiger partial charge on any atom is 0.128 e. The zero-order valence-corrected chi connectivity index (χ0v) is 9.71. The minimum Gasteiger partial charge on any atom is -0.467 e. The maximum atomic E-state index is 5.50. The molecule has 1 aliphatic heterocycles. The third-order valence-electron chi connectivity index (χ3n) is 2.95. The normalized spacial score (nSPS) is 19.5. The number of para-hydroxylation sites is 1. The van der Waals surface area contributed by atoms with Gasteiger partial charge in [0.15, 0.2) is 0 Å². The van der Waals surface area contributed by atoms with E-state index < -0.39 is 0 Å². The molecule has 0 spiro atoms. The molecule has 86 valence electrons. The van der Waals surface area contributed by atoms with Crippen LogP contribution in [-0.4, -0.2) is 5.71 Å². The van der Waals surface area contributed by atoms with Gasteiger partial charge in [0.2, 0.25) is 0 Å². The first-order chi connectivity index (χ1) is 8.34. The van der Waals surface area contributed by atoms with Gasteiger partial charge in [-0.1, -0.05) is 18.2 Å². The highest BCUT2D eigenvalue weighted by atomic mass is 16.3. The van der Waals surface area contributed by atoms with Crippen molar-refractivity contribution in [3.63, 3.8) is 0 Å². The Morgan fingerprint density at radius 3 is 2.71 bits per heavy atom. The van der Waals surface area contributed by atoms with Gasteiger partial charge in [0.1, 0.15) is 11.8 Å². The van der Waals surface area contributed by atoms with Gasteiger partial charge in [0.05, 0.1) is 12.0 Å². The SMILES string of the molecule is CC1=NN(c2ccccc2)[C@H](c2ccco2)C1. The number of rotatable bonds is 2. The summed E-state index contributed by atoms with van der Waals surface area (Å²) in [6, 6.07) is 14.3. The highest BCUT2D eigenvalue weighted by Crippen LogP contribution is 2.34. The zero-order valence-electron chi connectivity index (χ0n) is 9.71. The lowest BCUT2D eigenvalue weighted by Gasteiger charge is -2.21. The molecule has 0 fully saturated rings. The summed E-state index contributed by atoms with van der Waals surface area (Å²) in [5.74, 6) is 0.967. The van der Waals surface area contributed by atoms with Gasteiger partial charge in [-0.05, 0) is 31.2 Å². The fourth-order valence-electron chi connectivity index (χ4n) is 2.18. The average molecular weight is 226 g/mol. The fraction of sp³-hybridized carbons (Fsp3) is 0.214. The van der Waals surface area contributed by atoms with Crippen molar-refractivity contribution in [3.05, 3.63) is 54.5 Å². The van der Waals surface area contributed by atoms with E-state index in [1.54, 1.807) is 6.26 Å². The molecular weight excluding hydrogens is 212 g/mol. The standard InChI is InChI=1S/C14H14N2O/c1-11-10-13(14-8-5-9-17-14)16(15-11)12-6-3-2-4-7-12/h2-9,13H,10H2,1H3/t13-/m0/s1. The van der Waals surface area contributed by atoms with Crippen LogP contribution in [-0.2, 0) is 0 Å². The smallest absolute Gasteiger partial charge is 0.128 e. The van der Waals surface area contributed by atoms with E-state index in [1.807, 2.05) is 35.3 Å². The summed E-state index contributed by atoms with van der Waals surface area (Å²) in [6.07, 6.45) is 2.63. The molecule has 0 aliphatic carbocycles. The minimum absolute atomic E-state index is 0.187. The van der Waals surface area contributed by atoms with Crippen molar-refractivity contribution in [2.75, 3.05) is 5.01 Å². The molecule has 0 N–H and O–H groups in total. The molecular formula is C14H14N2O. The van der Waals surface area contributed by atoms with Crippen LogP contribution in [0.3, 0.4) is 0 Å². The predicted octanol–water partition coefficient (Wildman–Crippen LogP) is 3.61. The van der Waals surface area contributed by atoms with E-state index in [9.17, 15) is 0 Å². The van der Waals surface area contributed by atoms with E-state index in [2.05, 4.69) is 24.2 Å². The lowest BCUT2D eigenvalue weighted by atomic mass is 10.1. The first-order valence-electron chi connectivity index (χ1n) is 5.76. The molecule has 3 nitrogen and oxygen atoms in total. The molecule has 2 aromatic rings. The lowest BCUT2D eigenvalue weighted by Crippen LogP contribution is -2.17. The van der Waals surface area contributed by atoms with E-state index in [0.717, 1.165) is 23.6 Å². The molecule has 0 saturated carbocycles. The molecule has 1 aromatic carbocycles. The van der Waals surface area contributed by atoms with Gasteiger partial charge in [-0.15, -0.1) is 0 Å². The summed E-state index contributed by atoms with van der Waals surface area (Å²) in [5, 5.41) is 6.62. The van der Waals surface area contributed by atoms with Crippen LogP contribution in [0.5, 0.6) is 0 Å². The maximum absolute atomic E-state index is 5.50. The third-order valence-corrected chi connectivity index (χ3v) is 2.95. The minimum atomic E-state index is 0.187. The van der Waals surface area contributed by atoms with E-state index in [0.29, 0.717) is 0 Å². The fourth-order valence-corrected chi connectivity index (χ4v) is 2.18. The molecule has 3 heteroatoms. The van der Waals surface area contributed by atoms with E-state index in [1.165, 1.54) is 0 Å². The molecule has 0 unspecified atom stereocenters. The van der Waals surface area contributed by atoms with Crippen molar-refractivity contribution >= 4 is 11.4 Å². The van der Waals surface area contributed by atoms with Gasteiger partial charge < -0.3 is 4.42 Å². The summed E-state index contributed by atoms with van der Waals surface area (Å²) < 4.78 is 5.50. The van der Waals surface area contributed by atoms with Crippen LogP contribution < -0.4 is 5.01 Å². The number of nitrogens with zero attached hydrogens (tertiary/aromatic N) is 2. The van der Waals surface area contributed by atoms with Crippen molar-refractivity contribution in [2.24, 2.45) is 5.10 Å². The monoisotopic (exact) mass is 226 g/mol. The Bertz CT molecular complexity index is 516. The van der Waals surface area contributed by atoms with E-state index >= 15 is 0 Å². The molecule has 17 heavy (non-hydrogen) atoms. The topological polar surface area (TPSA) is 28.7 Å². The molecule has 3 rings (SSSR count). The Balaban J connectivity index is 1.96. The van der Waals surface area contributed by atoms with Gasteiger partial charge in [-0.3, -0.25) is 5.01 Å². The lowest BCUT2D eigenvalue weighted by molar-refractivity contribution is 0.465. The van der Waals surface area contributed by atoms with E-state index in [4.69, 9.17) is 4.42 Å². The highest BCUT2D eigenvalue weighted by molar-refractivity contribution is 5.86. The van der Waals surface area contributed by atoms with Crippen molar-refractivity contribution < 1.29 is 4.42 Å². The molecule has 1 aliphatic rings. The molecule has 0 radical (unpaired) electrons. The third kappa shape index (κ3) is 1.84. The Morgan fingerprint density at radius 1 is 1.18 bits per heavy atom. The number of hydrazone groups is 1. The average Bonchev–Trinajstić information content (AvgIpc) is 2.98. The molecule has 0 amide bonds. The van der Waals surface area contributed by atoms with Gasteiger partial charge in [-0.2, -0.15) is 5.10 Å². The number of benzene rings is 1. The van der Waals surface area contributed by atoms with Crippen molar-refractivity contribution in [1.82, 2.24) is 0 Å². The van der Waals surface area contributed by atoms with Crippen LogP contribution in [0, 0.1) is 0 Å². The molecule has 0 bridgehead atoms. The number of hydrogen-bond acceptors (Lipinski definition) is 3. The second-order valence-corrected chi connectivity index (χ2v) is 4.25. The van der Waals surface area contributed by atoms with Crippen LogP contribution in [0.25, 0.3) is 0 Å². The van der Waals surface area contributed by atoms with Crippen LogP contribution >= 0.6 is 0 Å². The Morgan fingerprint density at radius 2 is 2.00 bits per heavy atom. The molecule has 1 aromatic heterocycles. The second kappa shape index (κ2) is 4.09. The molecule has 1 atom stereocenters. The molecule has 2 heterocycles. The van der Waals surface area contributed by atoms with Gasteiger partial charge in [0.25, 0.3) is 0 Å². The largest absolute Gasteiger partial charge is 0.467 e.